The molecule has 1 rings (SSSR count). The third kappa shape index (κ3) is 4.54. The Hall–Kier alpha value is -1.40. The predicted octanol–water partition coefficient (Wildman–Crippen LogP) is 2.57. The SMILES string of the molecule is Cc1cc(C)cc(S(=O)(=O)N(CCC(=O)O)C(C)(C)C)c1. The van der Waals surface area contributed by atoms with Crippen LogP contribution >= 0.6 is 0 Å². The van der Waals surface area contributed by atoms with Crippen molar-refractivity contribution in [3.63, 3.8) is 0 Å². The summed E-state index contributed by atoms with van der Waals surface area (Å²) in [6.45, 7) is 8.91. The van der Waals surface area contributed by atoms with Gasteiger partial charge in [0, 0.05) is 12.1 Å². The Morgan fingerprint density at radius 1 is 1.14 bits per heavy atom. The second kappa shape index (κ2) is 6.15. The minimum Gasteiger partial charge on any atom is -0.481 e. The molecular weight excluding hydrogens is 290 g/mol. The van der Waals surface area contributed by atoms with Crippen molar-refractivity contribution in [2.45, 2.75) is 51.5 Å². The highest BCUT2D eigenvalue weighted by atomic mass is 32.2. The average Bonchev–Trinajstić information content (AvgIpc) is 2.24. The fraction of sp³-hybridized carbons (Fsp3) is 0.533. The molecule has 118 valence electrons. The van der Waals surface area contributed by atoms with Crippen LogP contribution in [0.4, 0.5) is 0 Å². The average molecular weight is 313 g/mol. The highest BCUT2D eigenvalue weighted by Crippen LogP contribution is 2.26. The molecule has 0 bridgehead atoms. The molecule has 1 aromatic carbocycles. The van der Waals surface area contributed by atoms with Gasteiger partial charge in [-0.1, -0.05) is 6.07 Å². The Morgan fingerprint density at radius 2 is 1.62 bits per heavy atom. The van der Waals surface area contributed by atoms with E-state index in [-0.39, 0.29) is 17.9 Å². The van der Waals surface area contributed by atoms with Crippen molar-refractivity contribution in [2.24, 2.45) is 0 Å². The van der Waals surface area contributed by atoms with E-state index >= 15 is 0 Å². The van der Waals surface area contributed by atoms with Crippen LogP contribution in [0.25, 0.3) is 0 Å². The van der Waals surface area contributed by atoms with Crippen LogP contribution in [0.3, 0.4) is 0 Å². The third-order valence-electron chi connectivity index (χ3n) is 3.06. The zero-order chi connectivity index (χ0) is 16.4. The first kappa shape index (κ1) is 17.7. The molecule has 0 amide bonds. The van der Waals surface area contributed by atoms with Gasteiger partial charge in [0.15, 0.2) is 0 Å². The molecule has 0 fully saturated rings. The summed E-state index contributed by atoms with van der Waals surface area (Å²) in [6, 6.07) is 5.13. The number of hydrogen-bond donors (Lipinski definition) is 1. The number of aryl methyl sites for hydroxylation is 2. The van der Waals surface area contributed by atoms with E-state index in [1.165, 1.54) is 4.31 Å². The number of nitrogens with zero attached hydrogens (tertiary/aromatic N) is 1. The van der Waals surface area contributed by atoms with E-state index < -0.39 is 21.5 Å². The Bertz CT molecular complexity index is 609. The summed E-state index contributed by atoms with van der Waals surface area (Å²) in [5.74, 6) is -1.01. The van der Waals surface area contributed by atoms with Gasteiger partial charge in [0.25, 0.3) is 0 Å². The molecule has 0 aliphatic carbocycles. The topological polar surface area (TPSA) is 74.7 Å². The van der Waals surface area contributed by atoms with E-state index in [1.807, 2.05) is 19.9 Å². The van der Waals surface area contributed by atoms with Crippen LogP contribution in [0.1, 0.15) is 38.3 Å². The number of carboxylic acid groups (broad SMARTS) is 1. The van der Waals surface area contributed by atoms with Crippen LogP contribution in [0, 0.1) is 13.8 Å². The zero-order valence-corrected chi connectivity index (χ0v) is 14.0. The van der Waals surface area contributed by atoms with Crippen LogP contribution in [-0.2, 0) is 14.8 Å². The molecule has 0 radical (unpaired) electrons. The maximum absolute atomic E-state index is 12.8. The second-order valence-electron chi connectivity index (χ2n) is 6.22. The quantitative estimate of drug-likeness (QED) is 0.906. The van der Waals surface area contributed by atoms with Gasteiger partial charge in [-0.15, -0.1) is 0 Å². The van der Waals surface area contributed by atoms with Crippen LogP contribution in [0.15, 0.2) is 23.1 Å². The van der Waals surface area contributed by atoms with Crippen molar-refractivity contribution in [1.29, 1.82) is 0 Å². The summed E-state index contributed by atoms with van der Waals surface area (Å²) in [6.07, 6.45) is -0.221. The molecule has 0 saturated carbocycles. The number of hydrogen-bond acceptors (Lipinski definition) is 3. The highest BCUT2D eigenvalue weighted by molar-refractivity contribution is 7.89. The Kier molecular flexibility index (Phi) is 5.17. The molecule has 0 atom stereocenters. The van der Waals surface area contributed by atoms with Gasteiger partial charge in [0.05, 0.1) is 11.3 Å². The summed E-state index contributed by atoms with van der Waals surface area (Å²) in [7, 11) is -3.73. The standard InChI is InChI=1S/C15H23NO4S/c1-11-8-12(2)10-13(9-11)21(19,20)16(15(3,4)5)7-6-14(17)18/h8-10H,6-7H2,1-5H3,(H,17,18). The molecule has 0 aromatic heterocycles. The highest BCUT2D eigenvalue weighted by Gasteiger charge is 2.34. The number of benzene rings is 1. The first-order chi connectivity index (χ1) is 9.44. The van der Waals surface area contributed by atoms with E-state index in [9.17, 15) is 13.2 Å². The van der Waals surface area contributed by atoms with E-state index in [0.717, 1.165) is 11.1 Å². The number of aliphatic carboxylic acids is 1. The minimum atomic E-state index is -3.73. The molecule has 1 aromatic rings. The molecule has 21 heavy (non-hydrogen) atoms. The summed E-state index contributed by atoms with van der Waals surface area (Å²) in [5.41, 5.74) is 1.03. The Morgan fingerprint density at radius 3 is 2.00 bits per heavy atom. The fourth-order valence-corrected chi connectivity index (χ4v) is 4.20. The van der Waals surface area contributed by atoms with Crippen LogP contribution in [0.2, 0.25) is 0 Å². The number of carboxylic acids is 1. The molecule has 1 N–H and O–H groups in total. The monoisotopic (exact) mass is 313 g/mol. The predicted molar refractivity (Wildman–Crippen MR) is 81.8 cm³/mol. The maximum Gasteiger partial charge on any atom is 0.304 e. The van der Waals surface area contributed by atoms with Gasteiger partial charge < -0.3 is 5.11 Å². The summed E-state index contributed by atoms with van der Waals surface area (Å²) >= 11 is 0. The van der Waals surface area contributed by atoms with Gasteiger partial charge in [-0.25, -0.2) is 8.42 Å². The Labute approximate surface area is 126 Å². The lowest BCUT2D eigenvalue weighted by Gasteiger charge is -2.34. The summed E-state index contributed by atoms with van der Waals surface area (Å²) in [5, 5.41) is 8.83. The van der Waals surface area contributed by atoms with Crippen molar-refractivity contribution in [3.8, 4) is 0 Å². The number of rotatable bonds is 5. The maximum atomic E-state index is 12.8. The molecule has 0 aliphatic rings. The largest absolute Gasteiger partial charge is 0.481 e. The first-order valence-corrected chi connectivity index (χ1v) is 8.21. The van der Waals surface area contributed by atoms with Crippen molar-refractivity contribution >= 4 is 16.0 Å². The molecule has 0 spiro atoms. The second-order valence-corrected chi connectivity index (χ2v) is 8.08. The molecular formula is C15H23NO4S. The Balaban J connectivity index is 3.30. The third-order valence-corrected chi connectivity index (χ3v) is 5.20. The van der Waals surface area contributed by atoms with Crippen molar-refractivity contribution < 1.29 is 18.3 Å². The number of sulfonamides is 1. The van der Waals surface area contributed by atoms with Crippen LogP contribution < -0.4 is 0 Å². The molecule has 0 heterocycles. The lowest BCUT2D eigenvalue weighted by Crippen LogP contribution is -2.46. The van der Waals surface area contributed by atoms with Gasteiger partial charge in [0.2, 0.25) is 10.0 Å². The fourth-order valence-electron chi connectivity index (χ4n) is 2.22. The van der Waals surface area contributed by atoms with Crippen LogP contribution in [0.5, 0.6) is 0 Å². The summed E-state index contributed by atoms with van der Waals surface area (Å²) in [4.78, 5) is 11.0. The van der Waals surface area contributed by atoms with E-state index in [0.29, 0.717) is 0 Å². The molecule has 5 nitrogen and oxygen atoms in total. The summed E-state index contributed by atoms with van der Waals surface area (Å²) < 4.78 is 26.9. The van der Waals surface area contributed by atoms with Gasteiger partial charge in [0.1, 0.15) is 0 Å². The lowest BCUT2D eigenvalue weighted by molar-refractivity contribution is -0.137. The minimum absolute atomic E-state index is 0.0475. The van der Waals surface area contributed by atoms with Gasteiger partial charge >= 0.3 is 5.97 Å². The van der Waals surface area contributed by atoms with Gasteiger partial charge in [-0.2, -0.15) is 4.31 Å². The van der Waals surface area contributed by atoms with Crippen molar-refractivity contribution in [3.05, 3.63) is 29.3 Å². The molecule has 0 unspecified atom stereocenters. The van der Waals surface area contributed by atoms with Gasteiger partial charge in [-0.3, -0.25) is 4.79 Å². The van der Waals surface area contributed by atoms with Crippen molar-refractivity contribution in [1.82, 2.24) is 4.31 Å². The van der Waals surface area contributed by atoms with Crippen LogP contribution in [-0.4, -0.2) is 35.9 Å². The van der Waals surface area contributed by atoms with E-state index in [4.69, 9.17) is 5.11 Å². The first-order valence-electron chi connectivity index (χ1n) is 6.77. The molecule has 6 heteroatoms. The van der Waals surface area contributed by atoms with Crippen molar-refractivity contribution in [2.75, 3.05) is 6.54 Å². The molecule has 0 aliphatic heterocycles. The lowest BCUT2D eigenvalue weighted by atomic mass is 10.1. The normalized spacial score (nSPS) is 12.7. The zero-order valence-electron chi connectivity index (χ0n) is 13.2. The molecule has 0 saturated heterocycles. The van der Waals surface area contributed by atoms with E-state index in [1.54, 1.807) is 32.9 Å². The van der Waals surface area contributed by atoms with Gasteiger partial charge in [-0.05, 0) is 57.9 Å². The smallest absolute Gasteiger partial charge is 0.304 e. The van der Waals surface area contributed by atoms with E-state index in [2.05, 4.69) is 0 Å². The number of carbonyl (C=O) groups is 1.